The van der Waals surface area contributed by atoms with E-state index in [1.165, 1.54) is 0 Å². The van der Waals surface area contributed by atoms with Crippen molar-refractivity contribution in [2.75, 3.05) is 0 Å². The van der Waals surface area contributed by atoms with Crippen LogP contribution >= 0.6 is 0 Å². The zero-order valence-electron chi connectivity index (χ0n) is 5.10. The van der Waals surface area contributed by atoms with E-state index in [0.29, 0.717) is 11.0 Å². The van der Waals surface area contributed by atoms with Gasteiger partial charge < -0.3 is 5.21 Å². The van der Waals surface area contributed by atoms with E-state index in [1.54, 1.807) is 12.1 Å². The summed E-state index contributed by atoms with van der Waals surface area (Å²) in [6, 6.07) is 7.19. The predicted octanol–water partition coefficient (Wildman–Crippen LogP) is 0.0201. The number of fused-ring (bicyclic) bond motifs is 1. The summed E-state index contributed by atoms with van der Waals surface area (Å²) in [6.45, 7) is 0. The first-order valence-corrected chi connectivity index (χ1v) is 2.87. The number of rotatable bonds is 0. The summed E-state index contributed by atoms with van der Waals surface area (Å²) in [5.41, 5.74) is 1.33. The van der Waals surface area contributed by atoms with Crippen LogP contribution in [0, 0.1) is 0 Å². The standard InChI is InChI=1S/C6H5N3O.K.H/c10-9-6-4-2-1-3-5(6)7-8-9;;/h1-4,10H;;. The Hall–Kier alpha value is 0.0564. The third-order valence-corrected chi connectivity index (χ3v) is 1.33. The van der Waals surface area contributed by atoms with Crippen molar-refractivity contribution in [1.82, 2.24) is 15.2 Å². The average Bonchev–Trinajstić information content (AvgIpc) is 2.34. The van der Waals surface area contributed by atoms with E-state index in [4.69, 9.17) is 5.21 Å². The number of hydrogen-bond donors (Lipinski definition) is 1. The summed E-state index contributed by atoms with van der Waals surface area (Å²) in [4.78, 5) is 0.759. The topological polar surface area (TPSA) is 50.9 Å². The van der Waals surface area contributed by atoms with Crippen molar-refractivity contribution in [1.29, 1.82) is 0 Å². The molecule has 1 aromatic carbocycles. The monoisotopic (exact) mass is 175 g/mol. The van der Waals surface area contributed by atoms with Gasteiger partial charge in [-0.1, -0.05) is 17.0 Å². The molecule has 2 aromatic rings. The Morgan fingerprint density at radius 3 is 2.73 bits per heavy atom. The minimum absolute atomic E-state index is 0. The van der Waals surface area contributed by atoms with E-state index in [9.17, 15) is 0 Å². The van der Waals surface area contributed by atoms with Gasteiger partial charge in [0.2, 0.25) is 0 Å². The molecule has 5 heteroatoms. The van der Waals surface area contributed by atoms with Gasteiger partial charge in [-0.05, 0) is 17.3 Å². The quantitative estimate of drug-likeness (QED) is 0.453. The van der Waals surface area contributed by atoms with Gasteiger partial charge in [-0.25, -0.2) is 0 Å². The molecule has 0 radical (unpaired) electrons. The van der Waals surface area contributed by atoms with Gasteiger partial charge >= 0.3 is 51.4 Å². The molecule has 0 aliphatic carbocycles. The Kier molecular flexibility index (Phi) is 3.03. The summed E-state index contributed by atoms with van der Waals surface area (Å²) in [7, 11) is 0. The summed E-state index contributed by atoms with van der Waals surface area (Å²) < 4.78 is 0. The van der Waals surface area contributed by atoms with Gasteiger partial charge in [-0.15, -0.1) is 5.10 Å². The van der Waals surface area contributed by atoms with Crippen molar-refractivity contribution < 1.29 is 5.21 Å². The predicted molar refractivity (Wildman–Crippen MR) is 41.9 cm³/mol. The average molecular weight is 175 g/mol. The fourth-order valence-corrected chi connectivity index (χ4v) is 0.857. The Bertz CT molecular complexity index is 359. The molecule has 0 atom stereocenters. The van der Waals surface area contributed by atoms with E-state index in [0.717, 1.165) is 4.85 Å². The van der Waals surface area contributed by atoms with E-state index >= 15 is 0 Å². The molecule has 52 valence electrons. The van der Waals surface area contributed by atoms with Crippen LogP contribution in [0.2, 0.25) is 0 Å². The van der Waals surface area contributed by atoms with Crippen LogP contribution in [-0.2, 0) is 0 Å². The second-order valence-electron chi connectivity index (χ2n) is 1.97. The van der Waals surface area contributed by atoms with Crippen LogP contribution in [-0.4, -0.2) is 71.7 Å². The van der Waals surface area contributed by atoms with Crippen LogP contribution < -0.4 is 0 Å². The van der Waals surface area contributed by atoms with Crippen LogP contribution in [0.5, 0.6) is 0 Å². The van der Waals surface area contributed by atoms with Gasteiger partial charge in [0.25, 0.3) is 0 Å². The van der Waals surface area contributed by atoms with Gasteiger partial charge in [0.1, 0.15) is 11.0 Å². The molecule has 0 unspecified atom stereocenters. The van der Waals surface area contributed by atoms with Crippen molar-refractivity contribution in [3.8, 4) is 0 Å². The van der Waals surface area contributed by atoms with Crippen molar-refractivity contribution in [3.05, 3.63) is 24.3 Å². The number of hydrogen-bond acceptors (Lipinski definition) is 3. The number of nitrogens with zero attached hydrogens (tertiary/aromatic N) is 3. The van der Waals surface area contributed by atoms with Crippen molar-refractivity contribution >= 4 is 62.4 Å². The maximum atomic E-state index is 8.95. The summed E-state index contributed by atoms with van der Waals surface area (Å²) in [5, 5.41) is 16.1. The molecule has 2 rings (SSSR count). The first-order valence-electron chi connectivity index (χ1n) is 2.87. The Morgan fingerprint density at radius 2 is 2.00 bits per heavy atom. The molecule has 1 N–H and O–H groups in total. The molecule has 0 saturated heterocycles. The molecule has 1 aromatic heterocycles. The molecule has 0 aliphatic heterocycles. The normalized spacial score (nSPS) is 9.45. The minimum atomic E-state index is 0. The first-order chi connectivity index (χ1) is 4.88. The fourth-order valence-electron chi connectivity index (χ4n) is 0.857. The molecule has 0 fully saturated rings. The second-order valence-corrected chi connectivity index (χ2v) is 1.97. The van der Waals surface area contributed by atoms with Crippen LogP contribution in [0.25, 0.3) is 11.0 Å². The molecule has 0 aliphatic rings. The van der Waals surface area contributed by atoms with Crippen molar-refractivity contribution in [2.24, 2.45) is 0 Å². The SMILES string of the molecule is On1nnc2ccccc21.[KH]. The summed E-state index contributed by atoms with van der Waals surface area (Å²) in [6.07, 6.45) is 0. The molecule has 0 saturated carbocycles. The Labute approximate surface area is 106 Å². The Morgan fingerprint density at radius 1 is 1.27 bits per heavy atom. The van der Waals surface area contributed by atoms with Crippen molar-refractivity contribution in [3.63, 3.8) is 0 Å². The number of aromatic nitrogens is 3. The summed E-state index contributed by atoms with van der Waals surface area (Å²) >= 11 is 0. The van der Waals surface area contributed by atoms with Crippen LogP contribution in [0.15, 0.2) is 24.3 Å². The van der Waals surface area contributed by atoms with Crippen molar-refractivity contribution in [2.45, 2.75) is 0 Å². The molecule has 1 heterocycles. The van der Waals surface area contributed by atoms with E-state index in [2.05, 4.69) is 10.3 Å². The van der Waals surface area contributed by atoms with Crippen LogP contribution in [0.3, 0.4) is 0 Å². The zero-order valence-corrected chi connectivity index (χ0v) is 5.10. The fraction of sp³-hybridized carbons (Fsp3) is 0. The van der Waals surface area contributed by atoms with Gasteiger partial charge in [-0.2, -0.15) is 0 Å². The molecule has 0 amide bonds. The zero-order chi connectivity index (χ0) is 6.97. The van der Waals surface area contributed by atoms with Gasteiger partial charge in [0, 0.05) is 0 Å². The molecule has 4 nitrogen and oxygen atoms in total. The molecular weight excluding hydrogens is 169 g/mol. The summed E-state index contributed by atoms with van der Waals surface area (Å²) in [5.74, 6) is 0. The molecule has 11 heavy (non-hydrogen) atoms. The van der Waals surface area contributed by atoms with Gasteiger partial charge in [0.15, 0.2) is 0 Å². The maximum absolute atomic E-state index is 8.95. The van der Waals surface area contributed by atoms with Crippen LogP contribution in [0.1, 0.15) is 0 Å². The molecule has 0 spiro atoms. The van der Waals surface area contributed by atoms with E-state index in [1.807, 2.05) is 12.1 Å². The number of benzene rings is 1. The van der Waals surface area contributed by atoms with Gasteiger partial charge in [-0.3, -0.25) is 0 Å². The number of para-hydroxylation sites is 1. The van der Waals surface area contributed by atoms with E-state index < -0.39 is 0 Å². The molecule has 0 bridgehead atoms. The van der Waals surface area contributed by atoms with Crippen LogP contribution in [0.4, 0.5) is 0 Å². The third kappa shape index (κ3) is 1.62. The first kappa shape index (κ1) is 9.15. The van der Waals surface area contributed by atoms with E-state index in [-0.39, 0.29) is 51.4 Å². The second kappa shape index (κ2) is 3.64. The third-order valence-electron chi connectivity index (χ3n) is 1.33. The molecular formula is C6H6KN3O. The van der Waals surface area contributed by atoms with Gasteiger partial charge in [0.05, 0.1) is 0 Å². The Balaban J connectivity index is 0.000000605.